The zero-order valence-corrected chi connectivity index (χ0v) is 14.1. The third kappa shape index (κ3) is 2.24. The Morgan fingerprint density at radius 3 is 2.71 bits per heavy atom. The van der Waals surface area contributed by atoms with Crippen molar-refractivity contribution >= 4 is 27.4 Å². The second kappa shape index (κ2) is 4.66. The summed E-state index contributed by atoms with van der Waals surface area (Å²) in [4.78, 5) is 14.6. The molecule has 0 spiro atoms. The predicted octanol–water partition coefficient (Wildman–Crippen LogP) is 4.38. The minimum Gasteiger partial charge on any atom is -0.365 e. The number of pyridine rings is 1. The van der Waals surface area contributed by atoms with E-state index in [0.29, 0.717) is 16.3 Å². The fourth-order valence-corrected chi connectivity index (χ4v) is 4.88. The first-order valence-electron chi connectivity index (χ1n) is 7.30. The van der Waals surface area contributed by atoms with Crippen LogP contribution in [-0.4, -0.2) is 15.9 Å². The molecular formula is C15H20BrN3O2. The molecule has 2 aliphatic rings. The van der Waals surface area contributed by atoms with E-state index in [-0.39, 0.29) is 16.5 Å². The van der Waals surface area contributed by atoms with Gasteiger partial charge in [-0.05, 0) is 51.9 Å². The Morgan fingerprint density at radius 1 is 1.48 bits per heavy atom. The lowest BCUT2D eigenvalue weighted by Gasteiger charge is -2.43. The van der Waals surface area contributed by atoms with Gasteiger partial charge in [0.2, 0.25) is 0 Å². The Labute approximate surface area is 132 Å². The highest BCUT2D eigenvalue weighted by Gasteiger charge is 2.59. The van der Waals surface area contributed by atoms with Crippen molar-refractivity contribution in [1.82, 2.24) is 4.98 Å². The number of hydrogen-bond donors (Lipinski definition) is 1. The van der Waals surface area contributed by atoms with Crippen molar-refractivity contribution in [3.8, 4) is 0 Å². The minimum atomic E-state index is -0.426. The summed E-state index contributed by atoms with van der Waals surface area (Å²) in [5, 5.41) is 14.3. The molecule has 2 bridgehead atoms. The number of nitro groups is 1. The van der Waals surface area contributed by atoms with E-state index in [2.05, 4.69) is 47.0 Å². The van der Waals surface area contributed by atoms with E-state index >= 15 is 0 Å². The first kappa shape index (κ1) is 14.8. The van der Waals surface area contributed by atoms with Gasteiger partial charge in [-0.1, -0.05) is 20.8 Å². The van der Waals surface area contributed by atoms with Gasteiger partial charge in [0.1, 0.15) is 12.0 Å². The van der Waals surface area contributed by atoms with Crippen LogP contribution in [0.4, 0.5) is 11.5 Å². The van der Waals surface area contributed by atoms with Crippen molar-refractivity contribution in [2.45, 2.75) is 46.1 Å². The smallest absolute Gasteiger partial charge is 0.288 e. The molecule has 2 fully saturated rings. The molecule has 5 nitrogen and oxygen atoms in total. The summed E-state index contributed by atoms with van der Waals surface area (Å²) in [5.74, 6) is 1.45. The van der Waals surface area contributed by atoms with Crippen LogP contribution >= 0.6 is 15.9 Å². The molecule has 0 saturated heterocycles. The lowest BCUT2D eigenvalue weighted by atomic mass is 9.68. The number of hydrogen-bond acceptors (Lipinski definition) is 4. The summed E-state index contributed by atoms with van der Waals surface area (Å²) in [5.41, 5.74) is 0.512. The standard InChI is InChI=1S/C15H20BrN3O2/c1-14(2)9-4-5-15(3,7-9)13(14)18-12-11(16)6-10(8-17-12)19(20)21/h6,8-9,13H,4-5,7H2,1-3H3,(H,17,18). The number of nitrogens with zero attached hydrogens (tertiary/aromatic N) is 2. The van der Waals surface area contributed by atoms with Gasteiger partial charge < -0.3 is 5.32 Å². The van der Waals surface area contributed by atoms with Gasteiger partial charge >= 0.3 is 0 Å². The van der Waals surface area contributed by atoms with Crippen molar-refractivity contribution < 1.29 is 4.92 Å². The molecule has 0 aromatic carbocycles. The number of fused-ring (bicyclic) bond motifs is 2. The van der Waals surface area contributed by atoms with Crippen molar-refractivity contribution in [2.24, 2.45) is 16.7 Å². The van der Waals surface area contributed by atoms with Gasteiger partial charge in [-0.3, -0.25) is 10.1 Å². The molecule has 2 saturated carbocycles. The van der Waals surface area contributed by atoms with E-state index in [1.165, 1.54) is 31.5 Å². The number of nitrogens with one attached hydrogen (secondary N) is 1. The molecule has 0 radical (unpaired) electrons. The number of anilines is 1. The van der Waals surface area contributed by atoms with Gasteiger partial charge in [-0.25, -0.2) is 4.98 Å². The predicted molar refractivity (Wildman–Crippen MR) is 85.2 cm³/mol. The van der Waals surface area contributed by atoms with Gasteiger partial charge in [-0.15, -0.1) is 0 Å². The van der Waals surface area contributed by atoms with Gasteiger partial charge in [0.25, 0.3) is 5.69 Å². The van der Waals surface area contributed by atoms with Gasteiger partial charge in [0.05, 0.1) is 9.40 Å². The molecule has 3 atom stereocenters. The summed E-state index contributed by atoms with van der Waals surface area (Å²) in [6, 6.07) is 1.85. The number of aromatic nitrogens is 1. The third-order valence-electron chi connectivity index (χ3n) is 5.59. The molecule has 3 unspecified atom stereocenters. The quantitative estimate of drug-likeness (QED) is 0.646. The molecule has 1 heterocycles. The second-order valence-corrected chi connectivity index (χ2v) is 8.13. The van der Waals surface area contributed by atoms with E-state index in [4.69, 9.17) is 0 Å². The van der Waals surface area contributed by atoms with E-state index in [0.717, 1.165) is 5.92 Å². The molecular weight excluding hydrogens is 334 g/mol. The second-order valence-electron chi connectivity index (χ2n) is 7.27. The summed E-state index contributed by atoms with van der Waals surface area (Å²) >= 11 is 3.40. The molecule has 6 heteroatoms. The summed E-state index contributed by atoms with van der Waals surface area (Å²) in [6.07, 6.45) is 5.11. The first-order chi connectivity index (χ1) is 9.74. The third-order valence-corrected chi connectivity index (χ3v) is 6.19. The number of halogens is 1. The van der Waals surface area contributed by atoms with Crippen LogP contribution in [0, 0.1) is 26.9 Å². The maximum atomic E-state index is 10.8. The van der Waals surface area contributed by atoms with Crippen LogP contribution in [0.25, 0.3) is 0 Å². The Balaban J connectivity index is 1.88. The summed E-state index contributed by atoms with van der Waals surface area (Å²) in [7, 11) is 0. The minimum absolute atomic E-state index is 0.00541. The Morgan fingerprint density at radius 2 is 2.19 bits per heavy atom. The van der Waals surface area contributed by atoms with E-state index in [1.54, 1.807) is 0 Å². The SMILES string of the molecule is CC12CCC(C1)C(C)(C)C2Nc1ncc([N+](=O)[O-])cc1Br. The first-order valence-corrected chi connectivity index (χ1v) is 8.10. The molecule has 1 aromatic heterocycles. The van der Waals surface area contributed by atoms with Crippen LogP contribution in [0.2, 0.25) is 0 Å². The molecule has 21 heavy (non-hydrogen) atoms. The lowest BCUT2D eigenvalue weighted by molar-refractivity contribution is -0.385. The fraction of sp³-hybridized carbons (Fsp3) is 0.667. The summed E-state index contributed by atoms with van der Waals surface area (Å²) < 4.78 is 0.652. The molecule has 2 aliphatic carbocycles. The molecule has 1 N–H and O–H groups in total. The van der Waals surface area contributed by atoms with Crippen molar-refractivity contribution in [3.63, 3.8) is 0 Å². The van der Waals surface area contributed by atoms with E-state index < -0.39 is 4.92 Å². The maximum absolute atomic E-state index is 10.8. The van der Waals surface area contributed by atoms with Crippen LogP contribution < -0.4 is 5.32 Å². The molecule has 1 aromatic rings. The average molecular weight is 354 g/mol. The normalized spacial score (nSPS) is 33.1. The fourth-order valence-electron chi connectivity index (χ4n) is 4.43. The maximum Gasteiger partial charge on any atom is 0.288 e. The molecule has 114 valence electrons. The average Bonchev–Trinajstić information content (AvgIpc) is 2.87. The highest BCUT2D eigenvalue weighted by Crippen LogP contribution is 2.63. The topological polar surface area (TPSA) is 68.1 Å². The zero-order valence-electron chi connectivity index (χ0n) is 12.5. The van der Waals surface area contributed by atoms with Gasteiger partial charge in [0.15, 0.2) is 0 Å². The monoisotopic (exact) mass is 353 g/mol. The van der Waals surface area contributed by atoms with Crippen LogP contribution in [-0.2, 0) is 0 Å². The highest BCUT2D eigenvalue weighted by atomic mass is 79.9. The zero-order chi connectivity index (χ0) is 15.4. The van der Waals surface area contributed by atoms with Gasteiger partial charge in [-0.2, -0.15) is 0 Å². The van der Waals surface area contributed by atoms with Crippen molar-refractivity contribution in [3.05, 3.63) is 26.9 Å². The van der Waals surface area contributed by atoms with E-state index in [1.807, 2.05) is 0 Å². The van der Waals surface area contributed by atoms with E-state index in [9.17, 15) is 10.1 Å². The number of rotatable bonds is 3. The molecule has 0 aliphatic heterocycles. The van der Waals surface area contributed by atoms with Crippen molar-refractivity contribution in [2.75, 3.05) is 5.32 Å². The van der Waals surface area contributed by atoms with Crippen LogP contribution in [0.1, 0.15) is 40.0 Å². The summed E-state index contributed by atoms with van der Waals surface area (Å²) in [6.45, 7) is 6.98. The molecule has 0 amide bonds. The van der Waals surface area contributed by atoms with Crippen LogP contribution in [0.5, 0.6) is 0 Å². The van der Waals surface area contributed by atoms with Crippen LogP contribution in [0.15, 0.2) is 16.7 Å². The van der Waals surface area contributed by atoms with Crippen molar-refractivity contribution in [1.29, 1.82) is 0 Å². The molecule has 3 rings (SSSR count). The van der Waals surface area contributed by atoms with Crippen LogP contribution in [0.3, 0.4) is 0 Å². The lowest BCUT2D eigenvalue weighted by Crippen LogP contribution is -2.46. The Kier molecular flexibility index (Phi) is 3.28. The largest absolute Gasteiger partial charge is 0.365 e. The Bertz CT molecular complexity index is 600. The highest BCUT2D eigenvalue weighted by molar-refractivity contribution is 9.10. The Hall–Kier alpha value is -1.17. The van der Waals surface area contributed by atoms with Gasteiger partial charge in [0, 0.05) is 12.1 Å².